The van der Waals surface area contributed by atoms with Crippen LogP contribution < -0.4 is 4.90 Å². The predicted molar refractivity (Wildman–Crippen MR) is 45.8 cm³/mol. The van der Waals surface area contributed by atoms with Gasteiger partial charge in [-0.25, -0.2) is 4.98 Å². The Morgan fingerprint density at radius 1 is 1.45 bits per heavy atom. The average molecular weight is 148 g/mol. The van der Waals surface area contributed by atoms with E-state index in [0.29, 0.717) is 0 Å². The molecule has 2 heteroatoms. The summed E-state index contributed by atoms with van der Waals surface area (Å²) >= 11 is 0. The first kappa shape index (κ1) is 6.65. The molecule has 0 bridgehead atoms. The molecule has 0 atom stereocenters. The summed E-state index contributed by atoms with van der Waals surface area (Å²) in [6.07, 6.45) is 3.19. The molecule has 0 unspecified atom stereocenters. The zero-order valence-electron chi connectivity index (χ0n) is 6.75. The van der Waals surface area contributed by atoms with Crippen molar-refractivity contribution in [1.82, 2.24) is 4.98 Å². The first-order chi connectivity index (χ1) is 5.36. The standard InChI is InChI=1S/C9H12N2/c1-8-3-4-10-9(7-8)11-5-2-6-11/h3-4,7H,2,5-6H2,1H3. The largest absolute Gasteiger partial charge is 0.356 e. The van der Waals surface area contributed by atoms with Crippen LogP contribution in [0, 0.1) is 6.92 Å². The van der Waals surface area contributed by atoms with Crippen LogP contribution in [0.5, 0.6) is 0 Å². The van der Waals surface area contributed by atoms with Crippen molar-refractivity contribution in [2.75, 3.05) is 18.0 Å². The summed E-state index contributed by atoms with van der Waals surface area (Å²) in [4.78, 5) is 6.59. The lowest BCUT2D eigenvalue weighted by atomic mass is 10.2. The highest BCUT2D eigenvalue weighted by Crippen LogP contribution is 2.17. The number of anilines is 1. The topological polar surface area (TPSA) is 16.1 Å². The number of hydrogen-bond acceptors (Lipinski definition) is 2. The number of aryl methyl sites for hydroxylation is 1. The first-order valence-corrected chi connectivity index (χ1v) is 4.04. The van der Waals surface area contributed by atoms with E-state index in [2.05, 4.69) is 22.9 Å². The molecule has 58 valence electrons. The lowest BCUT2D eigenvalue weighted by molar-refractivity contribution is 0.609. The normalized spacial score (nSPS) is 16.3. The Bertz CT molecular complexity index is 253. The number of rotatable bonds is 1. The Balaban J connectivity index is 2.23. The molecule has 0 radical (unpaired) electrons. The van der Waals surface area contributed by atoms with Crippen LogP contribution in [0.25, 0.3) is 0 Å². The molecule has 0 saturated carbocycles. The second-order valence-electron chi connectivity index (χ2n) is 3.03. The van der Waals surface area contributed by atoms with Crippen molar-refractivity contribution < 1.29 is 0 Å². The Morgan fingerprint density at radius 2 is 2.27 bits per heavy atom. The van der Waals surface area contributed by atoms with Crippen LogP contribution in [0.2, 0.25) is 0 Å². The minimum Gasteiger partial charge on any atom is -0.356 e. The van der Waals surface area contributed by atoms with Crippen LogP contribution in [-0.4, -0.2) is 18.1 Å². The molecule has 1 aromatic rings. The van der Waals surface area contributed by atoms with E-state index in [1.807, 2.05) is 12.3 Å². The first-order valence-electron chi connectivity index (χ1n) is 4.04. The zero-order valence-corrected chi connectivity index (χ0v) is 6.75. The Labute approximate surface area is 66.9 Å². The van der Waals surface area contributed by atoms with Crippen molar-refractivity contribution in [3.63, 3.8) is 0 Å². The molecule has 1 fully saturated rings. The van der Waals surface area contributed by atoms with Crippen LogP contribution in [0.3, 0.4) is 0 Å². The van der Waals surface area contributed by atoms with E-state index in [0.717, 1.165) is 5.82 Å². The van der Waals surface area contributed by atoms with E-state index < -0.39 is 0 Å². The monoisotopic (exact) mass is 148 g/mol. The number of hydrogen-bond donors (Lipinski definition) is 0. The summed E-state index contributed by atoms with van der Waals surface area (Å²) in [5.41, 5.74) is 1.29. The quantitative estimate of drug-likeness (QED) is 0.601. The summed E-state index contributed by atoms with van der Waals surface area (Å²) in [5, 5.41) is 0. The van der Waals surface area contributed by atoms with Gasteiger partial charge >= 0.3 is 0 Å². The summed E-state index contributed by atoms with van der Waals surface area (Å²) < 4.78 is 0. The molecule has 1 saturated heterocycles. The molecule has 2 nitrogen and oxygen atoms in total. The van der Waals surface area contributed by atoms with E-state index in [1.54, 1.807) is 0 Å². The lowest BCUT2D eigenvalue weighted by Crippen LogP contribution is -2.37. The van der Waals surface area contributed by atoms with E-state index in [1.165, 1.54) is 25.1 Å². The van der Waals surface area contributed by atoms with Gasteiger partial charge in [0.15, 0.2) is 0 Å². The molecule has 1 aromatic heterocycles. The maximum atomic E-state index is 4.29. The van der Waals surface area contributed by atoms with Gasteiger partial charge in [0.25, 0.3) is 0 Å². The molecular formula is C9H12N2. The van der Waals surface area contributed by atoms with Gasteiger partial charge in [-0.2, -0.15) is 0 Å². The summed E-state index contributed by atoms with van der Waals surface area (Å²) in [6.45, 7) is 4.46. The minimum atomic E-state index is 1.14. The van der Waals surface area contributed by atoms with E-state index in [4.69, 9.17) is 0 Å². The highest BCUT2D eigenvalue weighted by molar-refractivity contribution is 5.42. The van der Waals surface area contributed by atoms with Crippen molar-refractivity contribution in [2.24, 2.45) is 0 Å². The van der Waals surface area contributed by atoms with Crippen LogP contribution in [0.4, 0.5) is 5.82 Å². The molecule has 2 rings (SSSR count). The van der Waals surface area contributed by atoms with Gasteiger partial charge in [0.05, 0.1) is 0 Å². The molecule has 0 aromatic carbocycles. The predicted octanol–water partition coefficient (Wildman–Crippen LogP) is 1.60. The maximum absolute atomic E-state index is 4.29. The number of nitrogens with zero attached hydrogens (tertiary/aromatic N) is 2. The van der Waals surface area contributed by atoms with Crippen LogP contribution >= 0.6 is 0 Å². The lowest BCUT2D eigenvalue weighted by Gasteiger charge is -2.32. The number of pyridine rings is 1. The molecule has 0 aliphatic carbocycles. The van der Waals surface area contributed by atoms with E-state index >= 15 is 0 Å². The van der Waals surface area contributed by atoms with Crippen molar-refractivity contribution in [2.45, 2.75) is 13.3 Å². The van der Waals surface area contributed by atoms with E-state index in [-0.39, 0.29) is 0 Å². The molecule has 11 heavy (non-hydrogen) atoms. The molecular weight excluding hydrogens is 136 g/mol. The molecule has 0 N–H and O–H groups in total. The van der Waals surface area contributed by atoms with Crippen molar-refractivity contribution in [3.05, 3.63) is 23.9 Å². The summed E-state index contributed by atoms with van der Waals surface area (Å²) in [5.74, 6) is 1.14. The summed E-state index contributed by atoms with van der Waals surface area (Å²) in [7, 11) is 0. The third kappa shape index (κ3) is 1.20. The van der Waals surface area contributed by atoms with Crippen molar-refractivity contribution in [3.8, 4) is 0 Å². The summed E-state index contributed by atoms with van der Waals surface area (Å²) in [6, 6.07) is 4.17. The molecule has 1 aliphatic heterocycles. The SMILES string of the molecule is Cc1ccnc(N2CCC2)c1. The van der Waals surface area contributed by atoms with E-state index in [9.17, 15) is 0 Å². The fourth-order valence-electron chi connectivity index (χ4n) is 1.24. The minimum absolute atomic E-state index is 1.14. The van der Waals surface area contributed by atoms with Crippen LogP contribution in [0.1, 0.15) is 12.0 Å². The smallest absolute Gasteiger partial charge is 0.128 e. The Morgan fingerprint density at radius 3 is 2.82 bits per heavy atom. The fraction of sp³-hybridized carbons (Fsp3) is 0.444. The molecule has 1 aliphatic rings. The Kier molecular flexibility index (Phi) is 1.53. The fourth-order valence-corrected chi connectivity index (χ4v) is 1.24. The second kappa shape index (κ2) is 2.53. The molecule has 2 heterocycles. The van der Waals surface area contributed by atoms with Crippen LogP contribution in [0.15, 0.2) is 18.3 Å². The van der Waals surface area contributed by atoms with Crippen molar-refractivity contribution in [1.29, 1.82) is 0 Å². The highest BCUT2D eigenvalue weighted by atomic mass is 15.2. The van der Waals surface area contributed by atoms with Gasteiger partial charge in [0.2, 0.25) is 0 Å². The van der Waals surface area contributed by atoms with Crippen molar-refractivity contribution >= 4 is 5.82 Å². The average Bonchev–Trinajstić information content (AvgIpc) is 1.83. The third-order valence-electron chi connectivity index (χ3n) is 2.08. The Hall–Kier alpha value is -1.05. The molecule has 0 spiro atoms. The van der Waals surface area contributed by atoms with Crippen LogP contribution in [-0.2, 0) is 0 Å². The van der Waals surface area contributed by atoms with Gasteiger partial charge in [-0.1, -0.05) is 0 Å². The molecule has 0 amide bonds. The maximum Gasteiger partial charge on any atom is 0.128 e. The van der Waals surface area contributed by atoms with Gasteiger partial charge in [-0.15, -0.1) is 0 Å². The zero-order chi connectivity index (χ0) is 7.68. The second-order valence-corrected chi connectivity index (χ2v) is 3.03. The van der Waals surface area contributed by atoms with Gasteiger partial charge in [0, 0.05) is 19.3 Å². The van der Waals surface area contributed by atoms with Gasteiger partial charge in [-0.3, -0.25) is 0 Å². The van der Waals surface area contributed by atoms with Gasteiger partial charge in [-0.05, 0) is 31.0 Å². The third-order valence-corrected chi connectivity index (χ3v) is 2.08. The number of aromatic nitrogens is 1. The van der Waals surface area contributed by atoms with Gasteiger partial charge < -0.3 is 4.90 Å². The van der Waals surface area contributed by atoms with Gasteiger partial charge in [0.1, 0.15) is 5.82 Å². The highest BCUT2D eigenvalue weighted by Gasteiger charge is 2.14.